The first kappa shape index (κ1) is 16.4. The second kappa shape index (κ2) is 7.01. The zero-order valence-corrected chi connectivity index (χ0v) is 14.6. The average molecular weight is 366 g/mol. The van der Waals surface area contributed by atoms with E-state index in [4.69, 9.17) is 11.6 Å². The number of imidazole rings is 1. The van der Waals surface area contributed by atoms with Gasteiger partial charge in [-0.15, -0.1) is 0 Å². The van der Waals surface area contributed by atoms with E-state index in [-0.39, 0.29) is 12.3 Å². The quantitative estimate of drug-likeness (QED) is 0.591. The molecule has 3 heterocycles. The molecule has 0 atom stereocenters. The van der Waals surface area contributed by atoms with Crippen LogP contribution in [0.2, 0.25) is 5.02 Å². The van der Waals surface area contributed by atoms with Crippen molar-refractivity contribution in [3.8, 4) is 5.69 Å². The van der Waals surface area contributed by atoms with Crippen molar-refractivity contribution in [3.05, 3.63) is 83.5 Å². The number of carbonyl (C=O) groups is 1. The second-order valence-electron chi connectivity index (χ2n) is 5.93. The van der Waals surface area contributed by atoms with Crippen LogP contribution in [0.25, 0.3) is 11.3 Å². The van der Waals surface area contributed by atoms with Gasteiger partial charge in [0.05, 0.1) is 35.6 Å². The number of nitrogens with one attached hydrogen (secondary N) is 1. The molecule has 1 aromatic carbocycles. The van der Waals surface area contributed by atoms with Gasteiger partial charge in [0.25, 0.3) is 0 Å². The number of amides is 1. The fraction of sp³-hybridized carbons (Fsp3) is 0.105. The van der Waals surface area contributed by atoms with Gasteiger partial charge in [-0.1, -0.05) is 29.8 Å². The normalized spacial score (nSPS) is 11.0. The molecule has 0 aliphatic heterocycles. The van der Waals surface area contributed by atoms with Gasteiger partial charge in [-0.2, -0.15) is 5.10 Å². The molecule has 130 valence electrons. The zero-order valence-electron chi connectivity index (χ0n) is 13.8. The van der Waals surface area contributed by atoms with Gasteiger partial charge in [0.2, 0.25) is 5.91 Å². The maximum absolute atomic E-state index is 12.2. The van der Waals surface area contributed by atoms with Gasteiger partial charge in [-0.05, 0) is 29.8 Å². The van der Waals surface area contributed by atoms with E-state index in [1.54, 1.807) is 23.1 Å². The van der Waals surface area contributed by atoms with Gasteiger partial charge in [0, 0.05) is 18.6 Å². The molecule has 0 unspecified atom stereocenters. The Labute approximate surface area is 155 Å². The smallest absolute Gasteiger partial charge is 0.224 e. The summed E-state index contributed by atoms with van der Waals surface area (Å²) in [6.07, 6.45) is 7.48. The van der Waals surface area contributed by atoms with Gasteiger partial charge < -0.3 is 9.72 Å². The molecule has 0 saturated heterocycles. The van der Waals surface area contributed by atoms with E-state index in [2.05, 4.69) is 15.4 Å². The number of pyridine rings is 1. The summed E-state index contributed by atoms with van der Waals surface area (Å²) in [6, 6.07) is 13.4. The Kier molecular flexibility index (Phi) is 4.41. The number of para-hydroxylation sites is 1. The molecule has 26 heavy (non-hydrogen) atoms. The Balaban J connectivity index is 1.37. The van der Waals surface area contributed by atoms with Crippen LogP contribution >= 0.6 is 11.6 Å². The summed E-state index contributed by atoms with van der Waals surface area (Å²) in [6.45, 7) is 0.366. The van der Waals surface area contributed by atoms with Crippen molar-refractivity contribution in [2.24, 2.45) is 0 Å². The number of hydrogen-bond donors (Lipinski definition) is 1. The number of halogens is 1. The Hall–Kier alpha value is -3.12. The summed E-state index contributed by atoms with van der Waals surface area (Å²) in [5.41, 5.74) is 3.39. The number of fused-ring (bicyclic) bond motifs is 1. The van der Waals surface area contributed by atoms with Crippen molar-refractivity contribution in [1.29, 1.82) is 0 Å². The van der Waals surface area contributed by atoms with Crippen LogP contribution in [-0.4, -0.2) is 25.1 Å². The fourth-order valence-corrected chi connectivity index (χ4v) is 2.88. The Morgan fingerprint density at radius 1 is 1.08 bits per heavy atom. The molecule has 1 amide bonds. The summed E-state index contributed by atoms with van der Waals surface area (Å²) in [5.74, 6) is -0.0762. The Morgan fingerprint density at radius 3 is 2.77 bits per heavy atom. The maximum atomic E-state index is 12.2. The minimum Gasteiger partial charge on any atom is -0.350 e. The SMILES string of the molecule is O=C(Cc1cnn(-c2ccccc2)c1)NCc1cn2cc(Cl)ccc2n1. The van der Waals surface area contributed by atoms with Gasteiger partial charge in [0.1, 0.15) is 5.65 Å². The van der Waals surface area contributed by atoms with Crippen LogP contribution < -0.4 is 5.32 Å². The van der Waals surface area contributed by atoms with Crippen molar-refractivity contribution in [2.75, 3.05) is 0 Å². The van der Waals surface area contributed by atoms with E-state index in [1.807, 2.05) is 53.2 Å². The van der Waals surface area contributed by atoms with Gasteiger partial charge in [0.15, 0.2) is 0 Å². The summed E-state index contributed by atoms with van der Waals surface area (Å²) >= 11 is 5.97. The van der Waals surface area contributed by atoms with Crippen molar-refractivity contribution >= 4 is 23.2 Å². The molecular formula is C19H16ClN5O. The molecule has 0 spiro atoms. The van der Waals surface area contributed by atoms with Gasteiger partial charge in [-0.25, -0.2) is 9.67 Å². The van der Waals surface area contributed by atoms with E-state index in [0.29, 0.717) is 11.6 Å². The van der Waals surface area contributed by atoms with Crippen LogP contribution in [0.4, 0.5) is 0 Å². The molecule has 0 aliphatic carbocycles. The monoisotopic (exact) mass is 365 g/mol. The zero-order chi connectivity index (χ0) is 17.9. The first-order valence-corrected chi connectivity index (χ1v) is 8.54. The molecule has 0 aliphatic rings. The Bertz CT molecular complexity index is 1050. The molecule has 4 aromatic rings. The third-order valence-electron chi connectivity index (χ3n) is 3.95. The van der Waals surface area contributed by atoms with Crippen LogP contribution in [-0.2, 0) is 17.8 Å². The summed E-state index contributed by atoms with van der Waals surface area (Å²) in [4.78, 5) is 16.6. The van der Waals surface area contributed by atoms with E-state index < -0.39 is 0 Å². The highest BCUT2D eigenvalue weighted by Crippen LogP contribution is 2.12. The van der Waals surface area contributed by atoms with Crippen LogP contribution in [0, 0.1) is 0 Å². The molecule has 0 fully saturated rings. The van der Waals surface area contributed by atoms with Crippen molar-refractivity contribution in [2.45, 2.75) is 13.0 Å². The van der Waals surface area contributed by atoms with E-state index in [1.165, 1.54) is 0 Å². The Morgan fingerprint density at radius 2 is 1.92 bits per heavy atom. The lowest BCUT2D eigenvalue weighted by Gasteiger charge is -2.01. The molecular weight excluding hydrogens is 350 g/mol. The first-order valence-electron chi connectivity index (χ1n) is 8.16. The number of carbonyl (C=O) groups excluding carboxylic acids is 1. The van der Waals surface area contributed by atoms with E-state index >= 15 is 0 Å². The summed E-state index contributed by atoms with van der Waals surface area (Å²) in [7, 11) is 0. The number of nitrogens with zero attached hydrogens (tertiary/aromatic N) is 4. The number of aromatic nitrogens is 4. The van der Waals surface area contributed by atoms with Crippen molar-refractivity contribution < 1.29 is 4.79 Å². The lowest BCUT2D eigenvalue weighted by atomic mass is 10.2. The largest absolute Gasteiger partial charge is 0.350 e. The van der Waals surface area contributed by atoms with Crippen molar-refractivity contribution in [3.63, 3.8) is 0 Å². The highest BCUT2D eigenvalue weighted by atomic mass is 35.5. The fourth-order valence-electron chi connectivity index (χ4n) is 2.71. The van der Waals surface area contributed by atoms with Gasteiger partial charge in [-0.3, -0.25) is 4.79 Å². The number of rotatable bonds is 5. The molecule has 0 saturated carbocycles. The molecule has 4 rings (SSSR count). The highest BCUT2D eigenvalue weighted by molar-refractivity contribution is 6.30. The third kappa shape index (κ3) is 3.60. The predicted molar refractivity (Wildman–Crippen MR) is 99.3 cm³/mol. The standard InChI is InChI=1S/C19H16ClN5O/c20-15-6-7-18-23-16(13-24(18)12-15)10-21-19(26)8-14-9-22-25(11-14)17-4-2-1-3-5-17/h1-7,9,11-13H,8,10H2,(H,21,26). The number of benzene rings is 1. The first-order chi connectivity index (χ1) is 12.7. The van der Waals surface area contributed by atoms with E-state index in [9.17, 15) is 4.79 Å². The average Bonchev–Trinajstić information content (AvgIpc) is 3.27. The lowest BCUT2D eigenvalue weighted by Crippen LogP contribution is -2.24. The third-order valence-corrected chi connectivity index (χ3v) is 4.18. The van der Waals surface area contributed by atoms with Crippen LogP contribution in [0.5, 0.6) is 0 Å². The van der Waals surface area contributed by atoms with E-state index in [0.717, 1.165) is 22.6 Å². The molecule has 0 bridgehead atoms. The van der Waals surface area contributed by atoms with Gasteiger partial charge >= 0.3 is 0 Å². The minimum absolute atomic E-state index is 0.0762. The van der Waals surface area contributed by atoms with Crippen LogP contribution in [0.15, 0.2) is 67.3 Å². The molecule has 6 nitrogen and oxygen atoms in total. The van der Waals surface area contributed by atoms with Crippen LogP contribution in [0.1, 0.15) is 11.3 Å². The molecule has 3 aromatic heterocycles. The topological polar surface area (TPSA) is 64.2 Å². The summed E-state index contributed by atoms with van der Waals surface area (Å²) < 4.78 is 3.60. The molecule has 0 radical (unpaired) electrons. The highest BCUT2D eigenvalue weighted by Gasteiger charge is 2.08. The molecule has 1 N–H and O–H groups in total. The number of hydrogen-bond acceptors (Lipinski definition) is 3. The van der Waals surface area contributed by atoms with Crippen molar-refractivity contribution in [1.82, 2.24) is 24.5 Å². The molecule has 7 heteroatoms. The minimum atomic E-state index is -0.0762. The van der Waals surface area contributed by atoms with Crippen LogP contribution in [0.3, 0.4) is 0 Å². The predicted octanol–water partition coefficient (Wildman–Crippen LogP) is 3.03. The maximum Gasteiger partial charge on any atom is 0.224 e. The second-order valence-corrected chi connectivity index (χ2v) is 6.36. The lowest BCUT2D eigenvalue weighted by molar-refractivity contribution is -0.120. The summed E-state index contributed by atoms with van der Waals surface area (Å²) in [5, 5.41) is 7.83.